The van der Waals surface area contributed by atoms with Crippen LogP contribution in [0, 0.1) is 5.92 Å². The molecule has 0 saturated carbocycles. The maximum absolute atomic E-state index is 11.1. The van der Waals surface area contributed by atoms with Crippen LogP contribution in [-0.4, -0.2) is 34.6 Å². The van der Waals surface area contributed by atoms with Crippen LogP contribution in [0.1, 0.15) is 40.0 Å². The average molecular weight is 199 g/mol. The van der Waals surface area contributed by atoms with Gasteiger partial charge in [-0.15, -0.1) is 0 Å². The Morgan fingerprint density at radius 1 is 1.57 bits per heavy atom. The largest absolute Gasteiger partial charge is 0.480 e. The van der Waals surface area contributed by atoms with Crippen molar-refractivity contribution in [1.29, 1.82) is 0 Å². The molecule has 82 valence electrons. The van der Waals surface area contributed by atoms with Gasteiger partial charge in [0.2, 0.25) is 0 Å². The monoisotopic (exact) mass is 199 g/mol. The first-order chi connectivity index (χ1) is 6.56. The maximum atomic E-state index is 11.1. The smallest absolute Gasteiger partial charge is 0.320 e. The van der Waals surface area contributed by atoms with Crippen LogP contribution in [0.15, 0.2) is 0 Å². The van der Waals surface area contributed by atoms with Crippen LogP contribution in [0.5, 0.6) is 0 Å². The lowest BCUT2D eigenvalue weighted by atomic mass is 10.1. The van der Waals surface area contributed by atoms with Crippen molar-refractivity contribution in [2.75, 3.05) is 6.54 Å². The zero-order valence-corrected chi connectivity index (χ0v) is 9.36. The van der Waals surface area contributed by atoms with E-state index in [1.54, 1.807) is 0 Å². The Morgan fingerprint density at radius 2 is 2.21 bits per heavy atom. The third-order valence-corrected chi connectivity index (χ3v) is 3.08. The second-order valence-corrected chi connectivity index (χ2v) is 4.53. The maximum Gasteiger partial charge on any atom is 0.320 e. The van der Waals surface area contributed by atoms with Gasteiger partial charge in [-0.1, -0.05) is 20.3 Å². The Hall–Kier alpha value is -0.570. The fourth-order valence-corrected chi connectivity index (χ4v) is 2.47. The Bertz CT molecular complexity index is 205. The van der Waals surface area contributed by atoms with Gasteiger partial charge in [0.05, 0.1) is 0 Å². The molecule has 0 spiro atoms. The summed E-state index contributed by atoms with van der Waals surface area (Å²) in [4.78, 5) is 13.2. The molecule has 0 radical (unpaired) electrons. The molecule has 1 aliphatic heterocycles. The van der Waals surface area contributed by atoms with E-state index in [2.05, 4.69) is 18.7 Å². The first kappa shape index (κ1) is 11.5. The normalized spacial score (nSPS) is 30.5. The standard InChI is InChI=1S/C11H21NO2/c1-4-5-10(11(13)14)12-7-8(2)6-9(12)3/h8-10H,4-7H2,1-3H3,(H,13,14). The van der Waals surface area contributed by atoms with Crippen molar-refractivity contribution in [2.24, 2.45) is 5.92 Å². The minimum absolute atomic E-state index is 0.264. The summed E-state index contributed by atoms with van der Waals surface area (Å²) < 4.78 is 0. The summed E-state index contributed by atoms with van der Waals surface area (Å²) in [6.45, 7) is 7.31. The number of carbonyl (C=O) groups is 1. The number of rotatable bonds is 4. The van der Waals surface area contributed by atoms with Crippen molar-refractivity contribution < 1.29 is 9.90 Å². The summed E-state index contributed by atoms with van der Waals surface area (Å²) in [6.07, 6.45) is 2.84. The molecule has 1 rings (SSSR count). The minimum atomic E-state index is -0.659. The SMILES string of the molecule is CCCC(C(=O)O)N1CC(C)CC1C. The van der Waals surface area contributed by atoms with Gasteiger partial charge in [0.1, 0.15) is 6.04 Å². The van der Waals surface area contributed by atoms with Crippen molar-refractivity contribution >= 4 is 5.97 Å². The predicted molar refractivity (Wildman–Crippen MR) is 56.3 cm³/mol. The number of hydrogen-bond donors (Lipinski definition) is 1. The third-order valence-electron chi connectivity index (χ3n) is 3.08. The zero-order chi connectivity index (χ0) is 10.7. The van der Waals surface area contributed by atoms with Crippen molar-refractivity contribution in [2.45, 2.75) is 52.1 Å². The van der Waals surface area contributed by atoms with E-state index in [0.717, 1.165) is 25.8 Å². The second-order valence-electron chi connectivity index (χ2n) is 4.53. The van der Waals surface area contributed by atoms with Gasteiger partial charge in [-0.25, -0.2) is 0 Å². The molecule has 3 heteroatoms. The fraction of sp³-hybridized carbons (Fsp3) is 0.909. The van der Waals surface area contributed by atoms with Gasteiger partial charge in [-0.05, 0) is 25.7 Å². The molecule has 0 aromatic heterocycles. The van der Waals surface area contributed by atoms with E-state index in [1.807, 2.05) is 6.92 Å². The first-order valence-corrected chi connectivity index (χ1v) is 5.54. The van der Waals surface area contributed by atoms with Gasteiger partial charge in [-0.2, -0.15) is 0 Å². The van der Waals surface area contributed by atoms with E-state index in [1.165, 1.54) is 0 Å². The van der Waals surface area contributed by atoms with Crippen molar-refractivity contribution in [1.82, 2.24) is 4.90 Å². The lowest BCUT2D eigenvalue weighted by Crippen LogP contribution is -2.43. The highest BCUT2D eigenvalue weighted by Crippen LogP contribution is 2.26. The van der Waals surface area contributed by atoms with E-state index >= 15 is 0 Å². The molecule has 14 heavy (non-hydrogen) atoms. The Labute approximate surface area is 86.1 Å². The van der Waals surface area contributed by atoms with Crippen LogP contribution in [0.25, 0.3) is 0 Å². The van der Waals surface area contributed by atoms with Crippen LogP contribution >= 0.6 is 0 Å². The van der Waals surface area contributed by atoms with Crippen LogP contribution in [0.2, 0.25) is 0 Å². The predicted octanol–water partition coefficient (Wildman–Crippen LogP) is 1.97. The summed E-state index contributed by atoms with van der Waals surface area (Å²) in [5, 5.41) is 9.13. The molecular weight excluding hydrogens is 178 g/mol. The molecular formula is C11H21NO2. The van der Waals surface area contributed by atoms with E-state index < -0.39 is 5.97 Å². The van der Waals surface area contributed by atoms with Crippen LogP contribution < -0.4 is 0 Å². The lowest BCUT2D eigenvalue weighted by Gasteiger charge is -2.27. The molecule has 3 nitrogen and oxygen atoms in total. The number of carboxylic acids is 1. The minimum Gasteiger partial charge on any atom is -0.480 e. The van der Waals surface area contributed by atoms with Gasteiger partial charge in [-0.3, -0.25) is 9.69 Å². The van der Waals surface area contributed by atoms with Crippen molar-refractivity contribution in [3.63, 3.8) is 0 Å². The number of hydrogen-bond acceptors (Lipinski definition) is 2. The molecule has 0 amide bonds. The molecule has 0 aromatic carbocycles. The molecule has 1 N–H and O–H groups in total. The van der Waals surface area contributed by atoms with Gasteiger partial charge in [0.25, 0.3) is 0 Å². The Kier molecular flexibility index (Phi) is 3.93. The number of likely N-dealkylation sites (tertiary alicyclic amines) is 1. The molecule has 0 aromatic rings. The van der Waals surface area contributed by atoms with Gasteiger partial charge in [0, 0.05) is 12.6 Å². The topological polar surface area (TPSA) is 40.5 Å². The van der Waals surface area contributed by atoms with Gasteiger partial charge in [0.15, 0.2) is 0 Å². The molecule has 1 saturated heterocycles. The van der Waals surface area contributed by atoms with Crippen LogP contribution in [0.3, 0.4) is 0 Å². The average Bonchev–Trinajstić information content (AvgIpc) is 2.40. The summed E-state index contributed by atoms with van der Waals surface area (Å²) in [5.74, 6) is -0.0171. The molecule has 0 bridgehead atoms. The first-order valence-electron chi connectivity index (χ1n) is 5.54. The number of carboxylic acid groups (broad SMARTS) is 1. The molecule has 0 aliphatic carbocycles. The molecule has 1 fully saturated rings. The van der Waals surface area contributed by atoms with Crippen molar-refractivity contribution in [3.8, 4) is 0 Å². The van der Waals surface area contributed by atoms with E-state index in [-0.39, 0.29) is 6.04 Å². The summed E-state index contributed by atoms with van der Waals surface area (Å²) in [5.41, 5.74) is 0. The number of aliphatic carboxylic acids is 1. The highest BCUT2D eigenvalue weighted by atomic mass is 16.4. The molecule has 1 aliphatic rings. The molecule has 3 unspecified atom stereocenters. The third kappa shape index (κ3) is 2.47. The summed E-state index contributed by atoms with van der Waals surface area (Å²) >= 11 is 0. The van der Waals surface area contributed by atoms with Gasteiger partial charge >= 0.3 is 5.97 Å². The highest BCUT2D eigenvalue weighted by Gasteiger charge is 2.34. The molecule has 1 heterocycles. The van der Waals surface area contributed by atoms with E-state index in [0.29, 0.717) is 12.0 Å². The second kappa shape index (κ2) is 4.78. The fourth-order valence-electron chi connectivity index (χ4n) is 2.47. The summed E-state index contributed by atoms with van der Waals surface area (Å²) in [6, 6.07) is 0.164. The Morgan fingerprint density at radius 3 is 2.57 bits per heavy atom. The molecule has 3 atom stereocenters. The quantitative estimate of drug-likeness (QED) is 0.752. The lowest BCUT2D eigenvalue weighted by molar-refractivity contribution is -0.143. The van der Waals surface area contributed by atoms with Crippen LogP contribution in [-0.2, 0) is 4.79 Å². The van der Waals surface area contributed by atoms with E-state index in [4.69, 9.17) is 5.11 Å². The van der Waals surface area contributed by atoms with Crippen molar-refractivity contribution in [3.05, 3.63) is 0 Å². The van der Waals surface area contributed by atoms with Gasteiger partial charge < -0.3 is 5.11 Å². The zero-order valence-electron chi connectivity index (χ0n) is 9.36. The number of nitrogens with zero attached hydrogens (tertiary/aromatic N) is 1. The van der Waals surface area contributed by atoms with Crippen LogP contribution in [0.4, 0.5) is 0 Å². The highest BCUT2D eigenvalue weighted by molar-refractivity contribution is 5.73. The Balaban J connectivity index is 2.63. The summed E-state index contributed by atoms with van der Waals surface area (Å²) in [7, 11) is 0. The van der Waals surface area contributed by atoms with E-state index in [9.17, 15) is 4.79 Å².